The summed E-state index contributed by atoms with van der Waals surface area (Å²) in [7, 11) is 0. The lowest BCUT2D eigenvalue weighted by Crippen LogP contribution is -2.27. The van der Waals surface area contributed by atoms with Crippen LogP contribution in [0.25, 0.3) is 0 Å². The Labute approximate surface area is 94.4 Å². The maximum absolute atomic E-state index is 12.1. The van der Waals surface area contributed by atoms with Crippen LogP contribution in [0.15, 0.2) is 12.3 Å². The van der Waals surface area contributed by atoms with E-state index in [1.807, 2.05) is 0 Å². The molecule has 0 aliphatic rings. The van der Waals surface area contributed by atoms with Gasteiger partial charge in [-0.3, -0.25) is 9.48 Å². The third-order valence-electron chi connectivity index (χ3n) is 1.72. The summed E-state index contributed by atoms with van der Waals surface area (Å²) < 4.78 is 37.1. The van der Waals surface area contributed by atoms with E-state index in [9.17, 15) is 18.0 Å². The highest BCUT2D eigenvalue weighted by molar-refractivity contribution is 6.27. The lowest BCUT2D eigenvalue weighted by Gasteiger charge is -2.10. The normalized spacial score (nSPS) is 11.5. The SMILES string of the molecule is O=C(CCl)NCc1ccnn1CC(F)(F)F. The van der Waals surface area contributed by atoms with Crippen LogP contribution >= 0.6 is 11.6 Å². The molecule has 1 rings (SSSR count). The van der Waals surface area contributed by atoms with Crippen molar-refractivity contribution in [2.75, 3.05) is 5.88 Å². The van der Waals surface area contributed by atoms with E-state index in [4.69, 9.17) is 11.6 Å². The number of rotatable bonds is 4. The molecule has 4 nitrogen and oxygen atoms in total. The number of alkyl halides is 4. The molecule has 1 aromatic rings. The Balaban J connectivity index is 2.60. The van der Waals surface area contributed by atoms with E-state index in [1.54, 1.807) is 0 Å². The van der Waals surface area contributed by atoms with Gasteiger partial charge in [0.2, 0.25) is 5.91 Å². The molecule has 0 fully saturated rings. The van der Waals surface area contributed by atoms with Gasteiger partial charge in [-0.25, -0.2) is 0 Å². The van der Waals surface area contributed by atoms with E-state index in [0.717, 1.165) is 4.68 Å². The third kappa shape index (κ3) is 4.09. The maximum atomic E-state index is 12.1. The van der Waals surface area contributed by atoms with Crippen LogP contribution < -0.4 is 5.32 Å². The first-order chi connectivity index (χ1) is 7.42. The van der Waals surface area contributed by atoms with E-state index in [2.05, 4.69) is 10.4 Å². The van der Waals surface area contributed by atoms with Crippen molar-refractivity contribution >= 4 is 17.5 Å². The summed E-state index contributed by atoms with van der Waals surface area (Å²) in [6, 6.07) is 1.40. The summed E-state index contributed by atoms with van der Waals surface area (Å²) in [5.74, 6) is -0.672. The van der Waals surface area contributed by atoms with Crippen molar-refractivity contribution in [3.05, 3.63) is 18.0 Å². The quantitative estimate of drug-likeness (QED) is 0.825. The topological polar surface area (TPSA) is 46.9 Å². The summed E-state index contributed by atoms with van der Waals surface area (Å²) in [5.41, 5.74) is 0.274. The van der Waals surface area contributed by atoms with E-state index in [-0.39, 0.29) is 18.1 Å². The van der Waals surface area contributed by atoms with Gasteiger partial charge in [0.25, 0.3) is 0 Å². The van der Waals surface area contributed by atoms with Gasteiger partial charge in [-0.05, 0) is 6.07 Å². The van der Waals surface area contributed by atoms with Crippen LogP contribution in [-0.2, 0) is 17.9 Å². The van der Waals surface area contributed by atoms with Crippen molar-refractivity contribution in [1.82, 2.24) is 15.1 Å². The Morgan fingerprint density at radius 2 is 2.25 bits per heavy atom. The number of halogens is 4. The first-order valence-electron chi connectivity index (χ1n) is 4.32. The number of nitrogens with zero attached hydrogens (tertiary/aromatic N) is 2. The van der Waals surface area contributed by atoms with Gasteiger partial charge in [-0.2, -0.15) is 18.3 Å². The minimum Gasteiger partial charge on any atom is -0.349 e. The molecule has 1 amide bonds. The second-order valence-electron chi connectivity index (χ2n) is 3.01. The lowest BCUT2D eigenvalue weighted by atomic mass is 10.4. The molecule has 0 aromatic carbocycles. The predicted octanol–water partition coefficient (Wildman–Crippen LogP) is 1.30. The molecule has 8 heteroatoms. The average Bonchev–Trinajstić information content (AvgIpc) is 2.59. The fraction of sp³-hybridized carbons (Fsp3) is 0.500. The zero-order valence-electron chi connectivity index (χ0n) is 8.09. The van der Waals surface area contributed by atoms with Crippen LogP contribution in [0.1, 0.15) is 5.69 Å². The van der Waals surface area contributed by atoms with Crippen molar-refractivity contribution in [3.63, 3.8) is 0 Å². The molecule has 0 saturated heterocycles. The Hall–Kier alpha value is -1.24. The molecule has 0 unspecified atom stereocenters. The number of carbonyl (C=O) groups excluding carboxylic acids is 1. The minimum absolute atomic E-state index is 0.0262. The monoisotopic (exact) mass is 255 g/mol. The second-order valence-corrected chi connectivity index (χ2v) is 3.27. The fourth-order valence-electron chi connectivity index (χ4n) is 1.06. The molecule has 1 aromatic heterocycles. The Morgan fingerprint density at radius 3 is 2.81 bits per heavy atom. The van der Waals surface area contributed by atoms with Crippen LogP contribution in [0.2, 0.25) is 0 Å². The molecule has 1 N–H and O–H groups in total. The number of hydrogen-bond donors (Lipinski definition) is 1. The molecule has 0 spiro atoms. The molecule has 16 heavy (non-hydrogen) atoms. The lowest BCUT2D eigenvalue weighted by molar-refractivity contribution is -0.143. The fourth-order valence-corrected chi connectivity index (χ4v) is 1.15. The summed E-state index contributed by atoms with van der Waals surface area (Å²) in [4.78, 5) is 10.8. The van der Waals surface area contributed by atoms with Gasteiger partial charge in [0.15, 0.2) is 0 Å². The molecule has 1 heterocycles. The average molecular weight is 256 g/mol. The zero-order chi connectivity index (χ0) is 12.2. The van der Waals surface area contributed by atoms with E-state index < -0.39 is 18.6 Å². The van der Waals surface area contributed by atoms with Crippen LogP contribution in [0.5, 0.6) is 0 Å². The molecule has 0 atom stereocenters. The van der Waals surface area contributed by atoms with Crippen molar-refractivity contribution < 1.29 is 18.0 Å². The highest BCUT2D eigenvalue weighted by atomic mass is 35.5. The van der Waals surface area contributed by atoms with Crippen molar-refractivity contribution in [2.45, 2.75) is 19.3 Å². The van der Waals surface area contributed by atoms with E-state index in [1.165, 1.54) is 12.3 Å². The van der Waals surface area contributed by atoms with E-state index in [0.29, 0.717) is 0 Å². The second kappa shape index (κ2) is 5.20. The Morgan fingerprint density at radius 1 is 1.56 bits per heavy atom. The van der Waals surface area contributed by atoms with Crippen LogP contribution in [0.3, 0.4) is 0 Å². The molecular formula is C8H9ClF3N3O. The van der Waals surface area contributed by atoms with Crippen molar-refractivity contribution in [1.29, 1.82) is 0 Å². The summed E-state index contributed by atoms with van der Waals surface area (Å²) in [6.07, 6.45) is -3.09. The number of hydrogen-bond acceptors (Lipinski definition) is 2. The highest BCUT2D eigenvalue weighted by Crippen LogP contribution is 2.17. The number of carbonyl (C=O) groups is 1. The number of amides is 1. The van der Waals surface area contributed by atoms with Crippen molar-refractivity contribution in [3.8, 4) is 0 Å². The number of nitrogens with one attached hydrogen (secondary N) is 1. The predicted molar refractivity (Wildman–Crippen MR) is 50.8 cm³/mol. The maximum Gasteiger partial charge on any atom is 0.408 e. The zero-order valence-corrected chi connectivity index (χ0v) is 8.85. The standard InChI is InChI=1S/C8H9ClF3N3O/c9-3-7(16)13-4-6-1-2-14-15(6)5-8(10,11)12/h1-2H,3-5H2,(H,13,16). The van der Waals surface area contributed by atoms with Gasteiger partial charge in [0.05, 0.1) is 12.2 Å². The van der Waals surface area contributed by atoms with Gasteiger partial charge in [-0.15, -0.1) is 11.6 Å². The molecular weight excluding hydrogens is 247 g/mol. The summed E-state index contributed by atoms with van der Waals surface area (Å²) in [5, 5.41) is 5.88. The van der Waals surface area contributed by atoms with Gasteiger partial charge >= 0.3 is 6.18 Å². The summed E-state index contributed by atoms with van der Waals surface area (Å²) >= 11 is 5.22. The van der Waals surface area contributed by atoms with Crippen LogP contribution in [0.4, 0.5) is 13.2 Å². The first-order valence-corrected chi connectivity index (χ1v) is 4.86. The molecule has 0 aliphatic heterocycles. The van der Waals surface area contributed by atoms with Gasteiger partial charge in [-0.1, -0.05) is 0 Å². The molecule has 0 radical (unpaired) electrons. The Kier molecular flexibility index (Phi) is 4.17. The highest BCUT2D eigenvalue weighted by Gasteiger charge is 2.29. The van der Waals surface area contributed by atoms with Gasteiger partial charge < -0.3 is 5.32 Å². The van der Waals surface area contributed by atoms with Crippen LogP contribution in [0, 0.1) is 0 Å². The van der Waals surface area contributed by atoms with Gasteiger partial charge in [0.1, 0.15) is 12.4 Å². The van der Waals surface area contributed by atoms with E-state index >= 15 is 0 Å². The third-order valence-corrected chi connectivity index (χ3v) is 1.96. The minimum atomic E-state index is -4.34. The van der Waals surface area contributed by atoms with Gasteiger partial charge in [0, 0.05) is 6.20 Å². The molecule has 0 bridgehead atoms. The molecule has 90 valence electrons. The molecule has 0 saturated carbocycles. The Bertz CT molecular complexity index is 364. The van der Waals surface area contributed by atoms with Crippen LogP contribution in [-0.4, -0.2) is 27.7 Å². The molecule has 0 aliphatic carbocycles. The smallest absolute Gasteiger partial charge is 0.349 e. The first kappa shape index (κ1) is 12.8. The number of aromatic nitrogens is 2. The summed E-state index contributed by atoms with van der Waals surface area (Å²) in [6.45, 7) is -1.20. The largest absolute Gasteiger partial charge is 0.408 e. The van der Waals surface area contributed by atoms with Crippen molar-refractivity contribution in [2.24, 2.45) is 0 Å².